The summed E-state index contributed by atoms with van der Waals surface area (Å²) in [4.78, 5) is 20.9. The lowest BCUT2D eigenvalue weighted by Gasteiger charge is -2.15. The van der Waals surface area contributed by atoms with Crippen LogP contribution in [0.3, 0.4) is 0 Å². The number of nitrogens with one attached hydrogen (secondary N) is 1. The van der Waals surface area contributed by atoms with Gasteiger partial charge in [-0.1, -0.05) is 13.0 Å². The standard InChI is InChI=1S/C16H17N5O/c1-3-12(13-6-5-11(2)10-18-13)19-16(22)14-9-15-17-7-4-8-21(15)20-14/h4-10,12H,3H2,1-2H3,(H,19,22)/t12-/m1/s1. The number of pyridine rings is 1. The Bertz CT molecular complexity index is 761. The fraction of sp³-hybridized carbons (Fsp3) is 0.250. The number of rotatable bonds is 4. The fourth-order valence-electron chi connectivity index (χ4n) is 2.24. The van der Waals surface area contributed by atoms with E-state index in [9.17, 15) is 4.79 Å². The first kappa shape index (κ1) is 14.2. The number of aromatic nitrogens is 4. The minimum atomic E-state index is -0.222. The second-order valence-corrected chi connectivity index (χ2v) is 5.15. The average molecular weight is 295 g/mol. The summed E-state index contributed by atoms with van der Waals surface area (Å²) in [7, 11) is 0. The van der Waals surface area contributed by atoms with Crippen molar-refractivity contribution in [3.63, 3.8) is 0 Å². The molecule has 112 valence electrons. The van der Waals surface area contributed by atoms with Gasteiger partial charge in [-0.3, -0.25) is 9.78 Å². The number of amides is 1. The van der Waals surface area contributed by atoms with E-state index in [1.807, 2.05) is 26.0 Å². The van der Waals surface area contributed by atoms with E-state index in [0.29, 0.717) is 11.3 Å². The number of hydrogen-bond acceptors (Lipinski definition) is 4. The zero-order valence-corrected chi connectivity index (χ0v) is 12.5. The van der Waals surface area contributed by atoms with Crippen molar-refractivity contribution >= 4 is 11.6 Å². The van der Waals surface area contributed by atoms with Crippen LogP contribution in [-0.4, -0.2) is 25.5 Å². The Labute approximate surface area is 128 Å². The summed E-state index contributed by atoms with van der Waals surface area (Å²) in [6.07, 6.45) is 5.99. The van der Waals surface area contributed by atoms with Crippen molar-refractivity contribution in [3.8, 4) is 0 Å². The van der Waals surface area contributed by atoms with Crippen LogP contribution in [0.5, 0.6) is 0 Å². The zero-order valence-electron chi connectivity index (χ0n) is 12.5. The van der Waals surface area contributed by atoms with Crippen LogP contribution in [0, 0.1) is 6.92 Å². The molecule has 0 aliphatic rings. The molecule has 22 heavy (non-hydrogen) atoms. The van der Waals surface area contributed by atoms with Gasteiger partial charge in [0, 0.05) is 24.7 Å². The maximum absolute atomic E-state index is 12.4. The second kappa shape index (κ2) is 5.93. The average Bonchev–Trinajstić information content (AvgIpc) is 2.97. The molecule has 3 aromatic heterocycles. The van der Waals surface area contributed by atoms with E-state index >= 15 is 0 Å². The molecule has 3 rings (SSSR count). The van der Waals surface area contributed by atoms with Crippen molar-refractivity contribution in [2.45, 2.75) is 26.3 Å². The first-order chi connectivity index (χ1) is 10.7. The summed E-state index contributed by atoms with van der Waals surface area (Å²) < 4.78 is 1.58. The first-order valence-corrected chi connectivity index (χ1v) is 7.21. The molecule has 0 spiro atoms. The van der Waals surface area contributed by atoms with E-state index in [2.05, 4.69) is 20.4 Å². The molecule has 1 amide bonds. The number of hydrogen-bond donors (Lipinski definition) is 1. The number of nitrogens with zero attached hydrogens (tertiary/aromatic N) is 4. The Morgan fingerprint density at radius 3 is 2.91 bits per heavy atom. The smallest absolute Gasteiger partial charge is 0.272 e. The van der Waals surface area contributed by atoms with Crippen molar-refractivity contribution in [2.24, 2.45) is 0 Å². The summed E-state index contributed by atoms with van der Waals surface area (Å²) >= 11 is 0. The lowest BCUT2D eigenvalue weighted by atomic mass is 10.1. The van der Waals surface area contributed by atoms with Gasteiger partial charge >= 0.3 is 0 Å². The third-order valence-electron chi connectivity index (χ3n) is 3.47. The van der Waals surface area contributed by atoms with Gasteiger partial charge < -0.3 is 5.32 Å². The Balaban J connectivity index is 1.80. The Morgan fingerprint density at radius 1 is 1.36 bits per heavy atom. The Hall–Kier alpha value is -2.76. The van der Waals surface area contributed by atoms with Gasteiger partial charge in [-0.2, -0.15) is 5.10 Å². The van der Waals surface area contributed by atoms with E-state index in [0.717, 1.165) is 17.7 Å². The van der Waals surface area contributed by atoms with Crippen LogP contribution >= 0.6 is 0 Å². The predicted octanol–water partition coefficient (Wildman–Crippen LogP) is 2.31. The van der Waals surface area contributed by atoms with Gasteiger partial charge in [0.2, 0.25) is 0 Å². The normalized spacial score (nSPS) is 12.3. The number of carbonyl (C=O) groups is 1. The lowest BCUT2D eigenvalue weighted by Crippen LogP contribution is -2.29. The Morgan fingerprint density at radius 2 is 2.23 bits per heavy atom. The summed E-state index contributed by atoms with van der Waals surface area (Å²) in [6.45, 7) is 4.00. The van der Waals surface area contributed by atoms with Crippen molar-refractivity contribution in [1.82, 2.24) is 24.9 Å². The van der Waals surface area contributed by atoms with Gasteiger partial charge in [-0.25, -0.2) is 9.50 Å². The molecule has 0 saturated carbocycles. The summed E-state index contributed by atoms with van der Waals surface area (Å²) in [5, 5.41) is 7.20. The molecule has 0 aliphatic carbocycles. The molecule has 1 N–H and O–H groups in total. The second-order valence-electron chi connectivity index (χ2n) is 5.15. The molecular formula is C16H17N5O. The topological polar surface area (TPSA) is 72.2 Å². The van der Waals surface area contributed by atoms with Gasteiger partial charge in [0.1, 0.15) is 0 Å². The summed E-state index contributed by atoms with van der Waals surface area (Å²) in [5.41, 5.74) is 2.94. The molecule has 0 aromatic carbocycles. The van der Waals surface area contributed by atoms with Crippen LogP contribution < -0.4 is 5.32 Å². The molecule has 3 heterocycles. The molecule has 1 atom stereocenters. The largest absolute Gasteiger partial charge is 0.342 e. The maximum Gasteiger partial charge on any atom is 0.272 e. The van der Waals surface area contributed by atoms with Gasteiger partial charge in [0.25, 0.3) is 5.91 Å². The number of aryl methyl sites for hydroxylation is 1. The highest BCUT2D eigenvalue weighted by Gasteiger charge is 2.17. The summed E-state index contributed by atoms with van der Waals surface area (Å²) in [5.74, 6) is -0.222. The van der Waals surface area contributed by atoms with Crippen molar-refractivity contribution in [2.75, 3.05) is 0 Å². The van der Waals surface area contributed by atoms with Gasteiger partial charge in [0.15, 0.2) is 11.3 Å². The maximum atomic E-state index is 12.4. The minimum absolute atomic E-state index is 0.133. The van der Waals surface area contributed by atoms with Crippen LogP contribution in [-0.2, 0) is 0 Å². The van der Waals surface area contributed by atoms with E-state index in [1.165, 1.54) is 0 Å². The highest BCUT2D eigenvalue weighted by molar-refractivity contribution is 5.93. The summed E-state index contributed by atoms with van der Waals surface area (Å²) in [6, 6.07) is 7.24. The third-order valence-corrected chi connectivity index (χ3v) is 3.47. The van der Waals surface area contributed by atoms with Gasteiger partial charge in [0.05, 0.1) is 11.7 Å². The van der Waals surface area contributed by atoms with E-state index < -0.39 is 0 Å². The minimum Gasteiger partial charge on any atom is -0.342 e. The highest BCUT2D eigenvalue weighted by Crippen LogP contribution is 2.15. The molecule has 6 nitrogen and oxygen atoms in total. The van der Waals surface area contributed by atoms with Crippen LogP contribution in [0.1, 0.15) is 41.1 Å². The lowest BCUT2D eigenvalue weighted by molar-refractivity contribution is 0.0929. The van der Waals surface area contributed by atoms with Crippen LogP contribution in [0.15, 0.2) is 42.9 Å². The highest BCUT2D eigenvalue weighted by atomic mass is 16.2. The van der Waals surface area contributed by atoms with E-state index in [1.54, 1.807) is 35.2 Å². The van der Waals surface area contributed by atoms with Crippen LogP contribution in [0.2, 0.25) is 0 Å². The zero-order chi connectivity index (χ0) is 15.5. The van der Waals surface area contributed by atoms with Crippen LogP contribution in [0.4, 0.5) is 0 Å². The number of fused-ring (bicyclic) bond motifs is 1. The van der Waals surface area contributed by atoms with E-state index in [4.69, 9.17) is 0 Å². The molecule has 0 unspecified atom stereocenters. The molecule has 0 radical (unpaired) electrons. The fourth-order valence-corrected chi connectivity index (χ4v) is 2.24. The molecule has 0 saturated heterocycles. The molecule has 6 heteroatoms. The number of carbonyl (C=O) groups excluding carboxylic acids is 1. The molecule has 0 aliphatic heterocycles. The molecular weight excluding hydrogens is 278 g/mol. The molecule has 3 aromatic rings. The first-order valence-electron chi connectivity index (χ1n) is 7.21. The van der Waals surface area contributed by atoms with Crippen LogP contribution in [0.25, 0.3) is 5.65 Å². The van der Waals surface area contributed by atoms with Gasteiger partial charge in [-0.05, 0) is 31.0 Å². The third kappa shape index (κ3) is 2.81. The SMILES string of the molecule is CC[C@@H](NC(=O)c1cc2ncccn2n1)c1ccc(C)cn1. The Kier molecular flexibility index (Phi) is 3.82. The van der Waals surface area contributed by atoms with Crippen molar-refractivity contribution < 1.29 is 4.79 Å². The predicted molar refractivity (Wildman–Crippen MR) is 82.5 cm³/mol. The molecule has 0 fully saturated rings. The molecule has 0 bridgehead atoms. The van der Waals surface area contributed by atoms with Crippen molar-refractivity contribution in [1.29, 1.82) is 0 Å². The van der Waals surface area contributed by atoms with Crippen molar-refractivity contribution in [3.05, 3.63) is 59.8 Å². The van der Waals surface area contributed by atoms with Gasteiger partial charge in [-0.15, -0.1) is 0 Å². The monoisotopic (exact) mass is 295 g/mol. The van der Waals surface area contributed by atoms with E-state index in [-0.39, 0.29) is 11.9 Å². The quantitative estimate of drug-likeness (QED) is 0.801.